The number of nitrogens with one attached hydrogen (secondary N) is 4. The molecule has 0 aromatic heterocycles. The molecule has 5 aliphatic heterocycles. The number of carbonyl (C=O) groups is 2. The quantitative estimate of drug-likeness (QED) is 0.216. The molecule has 48 heavy (non-hydrogen) atoms. The van der Waals surface area contributed by atoms with Crippen LogP contribution in [0.15, 0.2) is 0 Å². The summed E-state index contributed by atoms with van der Waals surface area (Å²) in [7, 11) is 0. The van der Waals surface area contributed by atoms with Gasteiger partial charge in [0.2, 0.25) is 11.8 Å². The molecule has 0 aromatic carbocycles. The lowest BCUT2D eigenvalue weighted by Gasteiger charge is -2.45. The Morgan fingerprint density at radius 3 is 2.54 bits per heavy atom. The van der Waals surface area contributed by atoms with E-state index < -0.39 is 12.3 Å². The topological polar surface area (TPSA) is 131 Å². The molecule has 274 valence electrons. The average Bonchev–Trinajstić information content (AvgIpc) is 3.51. The van der Waals surface area contributed by atoms with E-state index in [2.05, 4.69) is 38.0 Å². The minimum Gasteiger partial charge on any atom is -0.390 e. The van der Waals surface area contributed by atoms with Crippen LogP contribution in [0.25, 0.3) is 0 Å². The van der Waals surface area contributed by atoms with Crippen molar-refractivity contribution < 1.29 is 28.6 Å². The van der Waals surface area contributed by atoms with Gasteiger partial charge >= 0.3 is 0 Å². The predicted octanol–water partition coefficient (Wildman–Crippen LogP) is 0.991. The lowest BCUT2D eigenvalue weighted by molar-refractivity contribution is -0.130. The summed E-state index contributed by atoms with van der Waals surface area (Å²) < 4.78 is 26.9. The zero-order chi connectivity index (χ0) is 33.6. The highest BCUT2D eigenvalue weighted by atomic mass is 19.1. The molecule has 6 rings (SSSR count). The molecule has 12 nitrogen and oxygen atoms in total. The average molecular weight is 680 g/mol. The molecule has 5 N–H and O–H groups in total. The summed E-state index contributed by atoms with van der Waals surface area (Å²) in [5.41, 5.74) is 0. The van der Waals surface area contributed by atoms with Crippen molar-refractivity contribution in [3.63, 3.8) is 0 Å². The number of fused-ring (bicyclic) bond motifs is 1. The third kappa shape index (κ3) is 9.65. The van der Waals surface area contributed by atoms with E-state index in [4.69, 9.17) is 9.47 Å². The second-order valence-corrected chi connectivity index (χ2v) is 15.6. The Bertz CT molecular complexity index is 1050. The van der Waals surface area contributed by atoms with E-state index in [1.807, 2.05) is 4.90 Å². The molecule has 2 amide bonds. The van der Waals surface area contributed by atoms with Gasteiger partial charge in [-0.05, 0) is 96.2 Å². The number of amides is 2. The molecule has 5 heterocycles. The number of nitrogens with zero attached hydrogens (tertiary/aromatic N) is 3. The minimum atomic E-state index is -0.981. The van der Waals surface area contributed by atoms with Gasteiger partial charge in [0.25, 0.3) is 0 Å². The fraction of sp³-hybridized carbons (Fsp3) is 0.943. The number of hydrogen-bond acceptors (Lipinski definition) is 10. The van der Waals surface area contributed by atoms with Gasteiger partial charge in [0.15, 0.2) is 0 Å². The van der Waals surface area contributed by atoms with E-state index in [1.54, 1.807) is 6.92 Å². The Morgan fingerprint density at radius 2 is 1.81 bits per heavy atom. The summed E-state index contributed by atoms with van der Waals surface area (Å²) in [6.45, 7) is 10.6. The Hall–Kier alpha value is -1.45. The highest BCUT2D eigenvalue weighted by Gasteiger charge is 2.42. The number of hydrogen-bond donors (Lipinski definition) is 5. The molecule has 5 saturated heterocycles. The van der Waals surface area contributed by atoms with Crippen molar-refractivity contribution in [3.8, 4) is 0 Å². The monoisotopic (exact) mass is 679 g/mol. The van der Waals surface area contributed by atoms with Crippen LogP contribution in [0.1, 0.15) is 78.1 Å². The van der Waals surface area contributed by atoms with Gasteiger partial charge in [-0.3, -0.25) is 30.4 Å². The molecule has 6 aliphatic rings. The zero-order valence-electron chi connectivity index (χ0n) is 29.3. The first-order valence-electron chi connectivity index (χ1n) is 19.0. The lowest BCUT2D eigenvalue weighted by atomic mass is 9.73. The summed E-state index contributed by atoms with van der Waals surface area (Å²) in [4.78, 5) is 32.0. The Labute approximate surface area is 286 Å². The maximum atomic E-state index is 15.2. The van der Waals surface area contributed by atoms with Gasteiger partial charge in [0, 0.05) is 57.6 Å². The third-order valence-electron chi connectivity index (χ3n) is 12.2. The molecule has 0 bridgehead atoms. The zero-order valence-corrected chi connectivity index (χ0v) is 29.3. The standard InChI is InChI=1S/C35H62FN7O5/c1-23-32(48-22-38-23)21-47-31-15-25-6-11-41(19-27(25)14-30(31)36)20-29(45)18-37-35(46)26-16-33(39-28-7-12-42(13-8-28)24(2)44)40-34(17-26)43-9-4-3-5-10-43/h23,25-34,38-40,45H,3-22H2,1-2H3,(H,37,46)/t23?,25?,26?,27?,29-,30?,31?,32?,33?,34?/m0/s1. The summed E-state index contributed by atoms with van der Waals surface area (Å²) >= 11 is 0. The summed E-state index contributed by atoms with van der Waals surface area (Å²) in [5, 5.41) is 24.9. The normalized spacial score (nSPS) is 38.0. The number of carbonyl (C=O) groups excluding carboxylic acids is 2. The van der Waals surface area contributed by atoms with E-state index in [0.717, 1.165) is 71.4 Å². The number of piperidine rings is 4. The van der Waals surface area contributed by atoms with Crippen molar-refractivity contribution in [2.24, 2.45) is 17.8 Å². The van der Waals surface area contributed by atoms with Gasteiger partial charge < -0.3 is 29.7 Å². The van der Waals surface area contributed by atoms with Crippen LogP contribution in [0, 0.1) is 17.8 Å². The number of aliphatic hydroxyl groups is 1. The molecule has 13 heteroatoms. The number of β-amino-alcohol motifs (C(OH)–C–C–N with tert-alkyl or cyclic N) is 1. The molecule has 1 saturated carbocycles. The van der Waals surface area contributed by atoms with Crippen LogP contribution < -0.4 is 21.3 Å². The fourth-order valence-corrected chi connectivity index (χ4v) is 9.14. The fourth-order valence-electron chi connectivity index (χ4n) is 9.14. The van der Waals surface area contributed by atoms with Crippen molar-refractivity contribution in [1.29, 1.82) is 0 Å². The molecule has 0 aromatic rings. The number of ether oxygens (including phenoxy) is 2. The molecule has 10 atom stereocenters. The Kier molecular flexibility index (Phi) is 13.0. The molecule has 6 fully saturated rings. The van der Waals surface area contributed by atoms with Crippen molar-refractivity contribution in [1.82, 2.24) is 36.0 Å². The first-order valence-corrected chi connectivity index (χ1v) is 19.0. The molecule has 0 spiro atoms. The van der Waals surface area contributed by atoms with E-state index >= 15 is 4.39 Å². The third-order valence-corrected chi connectivity index (χ3v) is 12.2. The first kappa shape index (κ1) is 36.3. The Morgan fingerprint density at radius 1 is 1.02 bits per heavy atom. The maximum Gasteiger partial charge on any atom is 0.223 e. The second-order valence-electron chi connectivity index (χ2n) is 15.6. The number of rotatable bonds is 11. The van der Waals surface area contributed by atoms with Gasteiger partial charge in [0.05, 0.1) is 44.0 Å². The van der Waals surface area contributed by atoms with Crippen LogP contribution in [0.3, 0.4) is 0 Å². The van der Waals surface area contributed by atoms with Crippen molar-refractivity contribution in [2.75, 3.05) is 65.7 Å². The summed E-state index contributed by atoms with van der Waals surface area (Å²) in [6.07, 6.45) is 7.28. The molecule has 0 radical (unpaired) electrons. The highest BCUT2D eigenvalue weighted by Crippen LogP contribution is 2.39. The minimum absolute atomic E-state index is 0.0150. The number of aliphatic hydroxyl groups excluding tert-OH is 1. The van der Waals surface area contributed by atoms with Gasteiger partial charge in [0.1, 0.15) is 6.17 Å². The van der Waals surface area contributed by atoms with E-state index in [9.17, 15) is 14.7 Å². The van der Waals surface area contributed by atoms with E-state index in [0.29, 0.717) is 44.7 Å². The SMILES string of the molecule is CC(=O)N1CCC(NC2CC(C(=O)NC[C@H](O)CN3CCC4CC(OCC5OCNC5C)C(F)CC4C3)CC(N3CCCCC3)N2)CC1. The first-order chi connectivity index (χ1) is 23.2. The molecule has 9 unspecified atom stereocenters. The van der Waals surface area contributed by atoms with Crippen LogP contribution in [-0.2, 0) is 19.1 Å². The lowest BCUT2D eigenvalue weighted by Crippen LogP contribution is -2.63. The predicted molar refractivity (Wildman–Crippen MR) is 181 cm³/mol. The van der Waals surface area contributed by atoms with Gasteiger partial charge in [-0.2, -0.15) is 0 Å². The van der Waals surface area contributed by atoms with Crippen molar-refractivity contribution in [2.45, 2.75) is 127 Å². The smallest absolute Gasteiger partial charge is 0.223 e. The van der Waals surface area contributed by atoms with Crippen LogP contribution in [-0.4, -0.2) is 146 Å². The van der Waals surface area contributed by atoms with E-state index in [-0.39, 0.29) is 60.8 Å². The Balaban J connectivity index is 0.942. The van der Waals surface area contributed by atoms with Gasteiger partial charge in [-0.25, -0.2) is 4.39 Å². The largest absolute Gasteiger partial charge is 0.390 e. The number of likely N-dealkylation sites (tertiary alicyclic amines) is 3. The summed E-state index contributed by atoms with van der Waals surface area (Å²) in [5.74, 6) is 0.707. The molecular formula is C35H62FN7O5. The molecular weight excluding hydrogens is 617 g/mol. The van der Waals surface area contributed by atoms with Gasteiger partial charge in [-0.15, -0.1) is 0 Å². The van der Waals surface area contributed by atoms with Crippen molar-refractivity contribution >= 4 is 11.8 Å². The van der Waals surface area contributed by atoms with Crippen LogP contribution in [0.2, 0.25) is 0 Å². The van der Waals surface area contributed by atoms with Crippen LogP contribution >= 0.6 is 0 Å². The number of alkyl halides is 1. The second kappa shape index (κ2) is 17.2. The van der Waals surface area contributed by atoms with Crippen LogP contribution in [0.4, 0.5) is 4.39 Å². The van der Waals surface area contributed by atoms with Gasteiger partial charge in [-0.1, -0.05) is 6.42 Å². The maximum absolute atomic E-state index is 15.2. The van der Waals surface area contributed by atoms with E-state index in [1.165, 1.54) is 19.3 Å². The van der Waals surface area contributed by atoms with Crippen molar-refractivity contribution in [3.05, 3.63) is 0 Å². The highest BCUT2D eigenvalue weighted by molar-refractivity contribution is 5.78. The molecule has 1 aliphatic carbocycles. The van der Waals surface area contributed by atoms with Crippen LogP contribution in [0.5, 0.6) is 0 Å². The number of halogens is 1. The summed E-state index contributed by atoms with van der Waals surface area (Å²) in [6, 6.07) is 0.536.